The molecule has 0 radical (unpaired) electrons. The number of thioether (sulfide) groups is 1. The molecule has 16 heavy (non-hydrogen) atoms. The van der Waals surface area contributed by atoms with Crippen molar-refractivity contribution in [2.45, 2.75) is 38.0 Å². The number of halogens is 1. The minimum atomic E-state index is -0.522. The van der Waals surface area contributed by atoms with Crippen molar-refractivity contribution >= 4 is 23.4 Å². The lowest BCUT2D eigenvalue weighted by atomic mass is 10.0. The van der Waals surface area contributed by atoms with E-state index in [2.05, 4.69) is 0 Å². The summed E-state index contributed by atoms with van der Waals surface area (Å²) in [6.07, 6.45) is 1.61. The molecule has 0 heterocycles. The Bertz CT molecular complexity index is 323. The summed E-state index contributed by atoms with van der Waals surface area (Å²) >= 11 is 7.81. The lowest BCUT2D eigenvalue weighted by Gasteiger charge is -2.24. The van der Waals surface area contributed by atoms with Gasteiger partial charge in [0.15, 0.2) is 0 Å². The number of hydrogen-bond acceptors (Lipinski definition) is 2. The largest absolute Gasteiger partial charge is 0.389 e. The summed E-state index contributed by atoms with van der Waals surface area (Å²) in [4.78, 5) is 0. The van der Waals surface area contributed by atoms with E-state index in [0.29, 0.717) is 0 Å². The Kier molecular flexibility index (Phi) is 5.67. The van der Waals surface area contributed by atoms with Crippen LogP contribution in [0, 0.1) is 0 Å². The van der Waals surface area contributed by atoms with Gasteiger partial charge in [-0.1, -0.05) is 43.6 Å². The van der Waals surface area contributed by atoms with E-state index in [0.717, 1.165) is 34.9 Å². The van der Waals surface area contributed by atoms with E-state index < -0.39 is 5.60 Å². The third-order valence-corrected chi connectivity index (χ3v) is 4.53. The molecule has 1 aromatic rings. The molecule has 0 bridgehead atoms. The van der Waals surface area contributed by atoms with Gasteiger partial charge in [0.05, 0.1) is 5.60 Å². The molecule has 0 aliphatic carbocycles. The highest BCUT2D eigenvalue weighted by Crippen LogP contribution is 2.26. The van der Waals surface area contributed by atoms with Gasteiger partial charge in [0.2, 0.25) is 0 Å². The molecule has 0 aromatic heterocycles. The van der Waals surface area contributed by atoms with Gasteiger partial charge in [-0.15, -0.1) is 0 Å². The molecule has 0 fully saturated rings. The van der Waals surface area contributed by atoms with Gasteiger partial charge < -0.3 is 5.11 Å². The fourth-order valence-corrected chi connectivity index (χ4v) is 3.06. The van der Waals surface area contributed by atoms with E-state index in [9.17, 15) is 5.11 Å². The highest BCUT2D eigenvalue weighted by atomic mass is 35.5. The van der Waals surface area contributed by atoms with Crippen LogP contribution in [0.5, 0.6) is 0 Å². The van der Waals surface area contributed by atoms with Crippen LogP contribution < -0.4 is 0 Å². The molecular weight excluding hydrogens is 240 g/mol. The van der Waals surface area contributed by atoms with Crippen LogP contribution >= 0.6 is 23.4 Å². The number of aliphatic hydroxyl groups is 1. The highest BCUT2D eigenvalue weighted by Gasteiger charge is 2.21. The molecule has 1 nitrogen and oxygen atoms in total. The second kappa shape index (κ2) is 6.53. The molecule has 0 saturated carbocycles. The molecule has 90 valence electrons. The van der Waals surface area contributed by atoms with Crippen LogP contribution in [0.25, 0.3) is 0 Å². The van der Waals surface area contributed by atoms with Crippen LogP contribution in [0.1, 0.15) is 32.3 Å². The number of benzene rings is 1. The molecule has 3 heteroatoms. The zero-order valence-electron chi connectivity index (χ0n) is 9.87. The van der Waals surface area contributed by atoms with Crippen LogP contribution in [-0.2, 0) is 5.75 Å². The Morgan fingerprint density at radius 2 is 1.88 bits per heavy atom. The Balaban J connectivity index is 2.44. The summed E-state index contributed by atoms with van der Waals surface area (Å²) in [5, 5.41) is 10.9. The summed E-state index contributed by atoms with van der Waals surface area (Å²) < 4.78 is 0. The Morgan fingerprint density at radius 1 is 1.25 bits per heavy atom. The third-order valence-electron chi connectivity index (χ3n) is 2.90. The maximum atomic E-state index is 10.1. The first-order valence-electron chi connectivity index (χ1n) is 5.65. The molecule has 0 spiro atoms. The molecule has 0 amide bonds. The Morgan fingerprint density at radius 3 is 2.44 bits per heavy atom. The summed E-state index contributed by atoms with van der Waals surface area (Å²) in [7, 11) is 0. The van der Waals surface area contributed by atoms with E-state index in [4.69, 9.17) is 11.6 Å². The molecule has 0 unspecified atom stereocenters. The minimum absolute atomic E-state index is 0.522. The van der Waals surface area contributed by atoms with Crippen LogP contribution in [0.15, 0.2) is 24.3 Å². The summed E-state index contributed by atoms with van der Waals surface area (Å²) in [5.74, 6) is 1.63. The van der Waals surface area contributed by atoms with Gasteiger partial charge in [-0.25, -0.2) is 0 Å². The highest BCUT2D eigenvalue weighted by molar-refractivity contribution is 7.98. The maximum Gasteiger partial charge on any atom is 0.0732 e. The second-order valence-corrected chi connectivity index (χ2v) is 5.41. The molecule has 1 N–H and O–H groups in total. The summed E-state index contributed by atoms with van der Waals surface area (Å²) in [5.41, 5.74) is 0.620. The lowest BCUT2D eigenvalue weighted by molar-refractivity contribution is 0.0572. The van der Waals surface area contributed by atoms with E-state index in [1.807, 2.05) is 38.1 Å². The average Bonchev–Trinajstić information content (AvgIpc) is 2.31. The van der Waals surface area contributed by atoms with Gasteiger partial charge in [-0.2, -0.15) is 11.8 Å². The fraction of sp³-hybridized carbons (Fsp3) is 0.538. The zero-order chi connectivity index (χ0) is 12.0. The van der Waals surface area contributed by atoms with Gasteiger partial charge in [0.1, 0.15) is 0 Å². The first-order valence-corrected chi connectivity index (χ1v) is 7.18. The number of hydrogen-bond donors (Lipinski definition) is 1. The normalized spacial score (nSPS) is 11.8. The molecule has 0 atom stereocenters. The van der Waals surface area contributed by atoms with Gasteiger partial charge in [-0.05, 0) is 24.5 Å². The van der Waals surface area contributed by atoms with Crippen LogP contribution in [-0.4, -0.2) is 16.5 Å². The van der Waals surface area contributed by atoms with Crippen LogP contribution in [0.2, 0.25) is 5.02 Å². The van der Waals surface area contributed by atoms with E-state index in [1.165, 1.54) is 0 Å². The Hall–Kier alpha value is -0.180. The van der Waals surface area contributed by atoms with Crippen molar-refractivity contribution in [3.63, 3.8) is 0 Å². The average molecular weight is 259 g/mol. The van der Waals surface area contributed by atoms with E-state index >= 15 is 0 Å². The van der Waals surface area contributed by atoms with Crippen molar-refractivity contribution in [2.24, 2.45) is 0 Å². The topological polar surface area (TPSA) is 20.2 Å². The van der Waals surface area contributed by atoms with Crippen molar-refractivity contribution < 1.29 is 5.11 Å². The molecular formula is C13H19ClOS. The van der Waals surface area contributed by atoms with Gasteiger partial charge in [-0.3, -0.25) is 0 Å². The SMILES string of the molecule is CCC(O)(CC)CSCc1ccccc1Cl. The van der Waals surface area contributed by atoms with Gasteiger partial charge >= 0.3 is 0 Å². The first kappa shape index (κ1) is 13.9. The molecule has 0 aliphatic rings. The smallest absolute Gasteiger partial charge is 0.0732 e. The van der Waals surface area contributed by atoms with E-state index in [-0.39, 0.29) is 0 Å². The quantitative estimate of drug-likeness (QED) is 0.828. The summed E-state index contributed by atoms with van der Waals surface area (Å²) in [6.45, 7) is 4.05. The maximum absolute atomic E-state index is 10.1. The minimum Gasteiger partial charge on any atom is -0.389 e. The molecule has 0 aliphatic heterocycles. The predicted molar refractivity (Wildman–Crippen MR) is 73.1 cm³/mol. The van der Waals surface area contributed by atoms with Crippen LogP contribution in [0.4, 0.5) is 0 Å². The van der Waals surface area contributed by atoms with Crippen molar-refractivity contribution in [3.8, 4) is 0 Å². The van der Waals surface area contributed by atoms with Crippen LogP contribution in [0.3, 0.4) is 0 Å². The molecule has 0 saturated heterocycles. The standard InChI is InChI=1S/C13H19ClOS/c1-3-13(15,4-2)10-16-9-11-7-5-6-8-12(11)14/h5-8,15H,3-4,9-10H2,1-2H3. The summed E-state index contributed by atoms with van der Waals surface area (Å²) in [6, 6.07) is 7.87. The van der Waals surface area contributed by atoms with Gasteiger partial charge in [0, 0.05) is 16.5 Å². The van der Waals surface area contributed by atoms with E-state index in [1.54, 1.807) is 11.8 Å². The Labute approximate surface area is 107 Å². The first-order chi connectivity index (χ1) is 7.61. The molecule has 1 aromatic carbocycles. The van der Waals surface area contributed by atoms with Crippen molar-refractivity contribution in [1.29, 1.82) is 0 Å². The second-order valence-electron chi connectivity index (χ2n) is 4.02. The lowest BCUT2D eigenvalue weighted by Crippen LogP contribution is -2.29. The predicted octanol–water partition coefficient (Wildman–Crippen LogP) is 4.12. The van der Waals surface area contributed by atoms with Crippen molar-refractivity contribution in [2.75, 3.05) is 5.75 Å². The monoisotopic (exact) mass is 258 g/mol. The number of rotatable bonds is 6. The zero-order valence-corrected chi connectivity index (χ0v) is 11.4. The van der Waals surface area contributed by atoms with Crippen molar-refractivity contribution in [1.82, 2.24) is 0 Å². The fourth-order valence-electron chi connectivity index (χ4n) is 1.42. The van der Waals surface area contributed by atoms with Crippen molar-refractivity contribution in [3.05, 3.63) is 34.9 Å². The molecule has 1 rings (SSSR count). The van der Waals surface area contributed by atoms with Gasteiger partial charge in [0.25, 0.3) is 0 Å². The third kappa shape index (κ3) is 4.00.